The van der Waals surface area contributed by atoms with Gasteiger partial charge in [0.25, 0.3) is 0 Å². The van der Waals surface area contributed by atoms with Gasteiger partial charge in [-0.15, -0.1) is 0 Å². The summed E-state index contributed by atoms with van der Waals surface area (Å²) >= 11 is 1.81. The van der Waals surface area contributed by atoms with Gasteiger partial charge in [0.05, 0.1) is 0 Å². The second-order valence-electron chi connectivity index (χ2n) is 0.474. The van der Waals surface area contributed by atoms with Crippen molar-refractivity contribution in [2.45, 2.75) is 6.92 Å². The van der Waals surface area contributed by atoms with E-state index in [0.29, 0.717) is 0 Å². The van der Waals surface area contributed by atoms with Crippen molar-refractivity contribution in [2.24, 2.45) is 3.42 Å². The van der Waals surface area contributed by atoms with Crippen LogP contribution in [0.3, 0.4) is 0 Å². The van der Waals surface area contributed by atoms with Crippen LogP contribution in [0.15, 0.2) is 3.42 Å². The average Bonchev–Trinajstić information content (AvgIpc) is 1.37. The van der Waals surface area contributed by atoms with E-state index in [1.165, 1.54) is 0 Å². The van der Waals surface area contributed by atoms with Crippen LogP contribution in [0.25, 0.3) is 0 Å². The molecule has 2 heteroatoms. The molecule has 0 heterocycles. The zero-order chi connectivity index (χ0) is 3.41. The third-order valence-corrected chi connectivity index (χ3v) is 0.652. The molecule has 0 atom stereocenters. The molecule has 0 fully saturated rings. The summed E-state index contributed by atoms with van der Waals surface area (Å²) in [6.45, 7) is 2.96. The molecule has 0 unspecified atom stereocenters. The predicted octanol–water partition coefficient (Wildman–Crippen LogP) is 0.737. The zero-order valence-corrected chi connectivity index (χ0v) is 4.22. The van der Waals surface area contributed by atoms with Crippen LogP contribution in [0, 0.1) is 0 Å². The fourth-order valence-electron chi connectivity index (χ4n) is 0. The monoisotopic (exact) mass is 91.0 g/mol. The molecule has 0 bridgehead atoms. The Labute approximate surface area is 37.7 Å². The minimum atomic E-state index is 0.944. The minimum absolute atomic E-state index is 0.944. The summed E-state index contributed by atoms with van der Waals surface area (Å²) in [5.41, 5.74) is 0. The Bertz CT molecular complexity index is 20.0. The van der Waals surface area contributed by atoms with Crippen molar-refractivity contribution in [2.75, 3.05) is 6.54 Å². The van der Waals surface area contributed by atoms with Crippen LogP contribution in [-0.2, 0) is 20.3 Å². The van der Waals surface area contributed by atoms with Gasteiger partial charge in [-0.3, -0.25) is 0 Å². The Morgan fingerprint density at radius 2 is 2.25 bits per heavy atom. The van der Waals surface area contributed by atoms with Gasteiger partial charge in [-0.05, 0) is 0 Å². The standard InChI is InChI=1S/C2H5N.Ti/c1-2-3;/h2H2,1H3;/q;+2. The summed E-state index contributed by atoms with van der Waals surface area (Å²) in [6.07, 6.45) is 0. The van der Waals surface area contributed by atoms with E-state index in [0.717, 1.165) is 6.54 Å². The zero-order valence-electron chi connectivity index (χ0n) is 2.65. The van der Waals surface area contributed by atoms with Gasteiger partial charge in [-0.1, -0.05) is 0 Å². The fourth-order valence-corrected chi connectivity index (χ4v) is 0. The molecule has 0 aliphatic rings. The predicted molar refractivity (Wildman–Crippen MR) is 13.0 cm³/mol. The Balaban J connectivity index is 2.30. The summed E-state index contributed by atoms with van der Waals surface area (Å²) in [5.74, 6) is 0. The van der Waals surface area contributed by atoms with E-state index in [-0.39, 0.29) is 0 Å². The SMILES string of the molecule is CC[N]=[Ti+2]. The van der Waals surface area contributed by atoms with Crippen molar-refractivity contribution in [3.8, 4) is 0 Å². The molecule has 0 aromatic carbocycles. The molecule has 0 rings (SSSR count). The van der Waals surface area contributed by atoms with Crippen LogP contribution < -0.4 is 0 Å². The number of nitrogens with zero attached hydrogens (tertiary/aromatic N) is 1. The number of hydrogen-bond acceptors (Lipinski definition) is 1. The maximum absolute atomic E-state index is 3.74. The molecule has 0 aliphatic carbocycles. The molecule has 0 saturated heterocycles. The molecule has 0 aliphatic heterocycles. The third-order valence-electron chi connectivity index (χ3n) is 0.158. The molecule has 0 radical (unpaired) electrons. The summed E-state index contributed by atoms with van der Waals surface area (Å²) in [7, 11) is 0. The van der Waals surface area contributed by atoms with Crippen molar-refractivity contribution < 1.29 is 20.3 Å². The quantitative estimate of drug-likeness (QED) is 0.422. The van der Waals surface area contributed by atoms with E-state index in [9.17, 15) is 0 Å². The van der Waals surface area contributed by atoms with Crippen LogP contribution in [0.1, 0.15) is 6.92 Å². The Kier molecular flexibility index (Phi) is 3.97. The second kappa shape index (κ2) is 3.51. The van der Waals surface area contributed by atoms with Gasteiger partial charge in [-0.25, -0.2) is 0 Å². The van der Waals surface area contributed by atoms with Crippen molar-refractivity contribution in [1.82, 2.24) is 0 Å². The van der Waals surface area contributed by atoms with E-state index in [1.807, 2.05) is 6.92 Å². The summed E-state index contributed by atoms with van der Waals surface area (Å²) in [6, 6.07) is 0. The molecule has 0 amide bonds. The number of hydrogen-bond donors (Lipinski definition) is 0. The normalized spacial score (nSPS) is 6.75. The summed E-state index contributed by atoms with van der Waals surface area (Å²) in [4.78, 5) is 0. The van der Waals surface area contributed by atoms with Crippen molar-refractivity contribution in [3.63, 3.8) is 0 Å². The molecule has 0 spiro atoms. The van der Waals surface area contributed by atoms with Crippen LogP contribution in [-0.4, -0.2) is 6.54 Å². The molecular weight excluding hydrogens is 85.9 g/mol. The van der Waals surface area contributed by atoms with Gasteiger partial charge in [0.2, 0.25) is 0 Å². The molecule has 0 aromatic rings. The maximum atomic E-state index is 3.74. The average molecular weight is 90.9 g/mol. The Morgan fingerprint density at radius 3 is 2.25 bits per heavy atom. The first-order chi connectivity index (χ1) is 1.91. The van der Waals surface area contributed by atoms with Crippen LogP contribution >= 0.6 is 0 Å². The summed E-state index contributed by atoms with van der Waals surface area (Å²) in [5, 5.41) is 0. The van der Waals surface area contributed by atoms with Gasteiger partial charge in [0, 0.05) is 0 Å². The van der Waals surface area contributed by atoms with E-state index >= 15 is 0 Å². The first-order valence-corrected chi connectivity index (χ1v) is 1.95. The molecule has 4 heavy (non-hydrogen) atoms. The molecule has 0 N–H and O–H groups in total. The molecule has 20 valence electrons. The third kappa shape index (κ3) is 2.51. The molecule has 1 nitrogen and oxygen atoms in total. The van der Waals surface area contributed by atoms with E-state index in [4.69, 9.17) is 0 Å². The van der Waals surface area contributed by atoms with Crippen LogP contribution in [0.2, 0.25) is 0 Å². The first-order valence-electron chi connectivity index (χ1n) is 1.25. The second-order valence-corrected chi connectivity index (χ2v) is 0.968. The number of rotatable bonds is 1. The molecule has 0 saturated carbocycles. The van der Waals surface area contributed by atoms with Gasteiger partial charge < -0.3 is 0 Å². The molecule has 0 aromatic heterocycles. The Hall–Kier alpha value is 0.514. The van der Waals surface area contributed by atoms with Crippen molar-refractivity contribution in [1.29, 1.82) is 0 Å². The fraction of sp³-hybridized carbons (Fsp3) is 1.00. The van der Waals surface area contributed by atoms with E-state index in [2.05, 4.69) is 3.42 Å². The Morgan fingerprint density at radius 1 is 2.00 bits per heavy atom. The van der Waals surface area contributed by atoms with Crippen LogP contribution in [0.4, 0.5) is 0 Å². The van der Waals surface area contributed by atoms with Gasteiger partial charge in [0.1, 0.15) is 0 Å². The van der Waals surface area contributed by atoms with E-state index in [1.54, 1.807) is 20.3 Å². The van der Waals surface area contributed by atoms with E-state index < -0.39 is 0 Å². The van der Waals surface area contributed by atoms with Crippen molar-refractivity contribution in [3.05, 3.63) is 0 Å². The molecular formula is C2H5NTi+2. The first kappa shape index (κ1) is 4.51. The van der Waals surface area contributed by atoms with Gasteiger partial charge in [0.15, 0.2) is 0 Å². The topological polar surface area (TPSA) is 12.4 Å². The summed E-state index contributed by atoms with van der Waals surface area (Å²) < 4.78 is 3.74. The van der Waals surface area contributed by atoms with Crippen molar-refractivity contribution >= 4 is 0 Å². The van der Waals surface area contributed by atoms with Gasteiger partial charge in [-0.2, -0.15) is 0 Å². The van der Waals surface area contributed by atoms with Crippen LogP contribution in [0.5, 0.6) is 0 Å². The van der Waals surface area contributed by atoms with Gasteiger partial charge >= 0.3 is 37.1 Å².